The van der Waals surface area contributed by atoms with E-state index in [-0.39, 0.29) is 19.1 Å². The zero-order valence-electron chi connectivity index (χ0n) is 40.2. The zero-order chi connectivity index (χ0) is 44.3. The maximum atomic E-state index is 12.9. The van der Waals surface area contributed by atoms with Crippen LogP contribution in [0.5, 0.6) is 0 Å². The SMILES string of the molecule is CCCCCCCCC/C=C/C(O)C(COP(=O)([O-])OCC[N+](C)(C)C)NC(=O)CCCCCCCCCCCCCCC/C=C\C/C=C\CCCCCCCCCCC. The van der Waals surface area contributed by atoms with E-state index in [4.69, 9.17) is 9.05 Å². The highest BCUT2D eigenvalue weighted by Crippen LogP contribution is 2.38. The van der Waals surface area contributed by atoms with Gasteiger partial charge >= 0.3 is 0 Å². The van der Waals surface area contributed by atoms with Gasteiger partial charge in [-0.3, -0.25) is 9.36 Å². The van der Waals surface area contributed by atoms with Gasteiger partial charge in [-0.15, -0.1) is 0 Å². The fourth-order valence-electron chi connectivity index (χ4n) is 7.30. The number of quaternary nitrogens is 1. The molecular formula is C51H99N2O6P. The van der Waals surface area contributed by atoms with E-state index in [9.17, 15) is 19.4 Å². The Morgan fingerprint density at radius 3 is 1.38 bits per heavy atom. The lowest BCUT2D eigenvalue weighted by Crippen LogP contribution is -2.45. The minimum atomic E-state index is -4.58. The topological polar surface area (TPSA) is 108 Å². The van der Waals surface area contributed by atoms with Gasteiger partial charge in [-0.05, 0) is 51.4 Å². The average molecular weight is 867 g/mol. The number of amides is 1. The number of rotatable bonds is 46. The third-order valence-corrected chi connectivity index (χ3v) is 12.3. The Kier molecular flexibility index (Phi) is 42.1. The van der Waals surface area contributed by atoms with Crippen molar-refractivity contribution in [3.8, 4) is 0 Å². The summed E-state index contributed by atoms with van der Waals surface area (Å²) in [5, 5.41) is 13.7. The number of carbonyl (C=O) groups excluding carboxylic acids is 1. The molecule has 9 heteroatoms. The van der Waals surface area contributed by atoms with Gasteiger partial charge in [0.1, 0.15) is 13.2 Å². The molecule has 3 atom stereocenters. The predicted octanol–water partition coefficient (Wildman–Crippen LogP) is 14.0. The van der Waals surface area contributed by atoms with Crippen LogP contribution < -0.4 is 10.2 Å². The first kappa shape index (κ1) is 58.7. The second-order valence-corrected chi connectivity index (χ2v) is 19.9. The van der Waals surface area contributed by atoms with Crippen molar-refractivity contribution >= 4 is 13.7 Å². The Morgan fingerprint density at radius 2 is 0.967 bits per heavy atom. The van der Waals surface area contributed by atoms with Gasteiger partial charge in [-0.1, -0.05) is 211 Å². The Labute approximate surface area is 372 Å². The summed E-state index contributed by atoms with van der Waals surface area (Å²) in [6.45, 7) is 4.62. The van der Waals surface area contributed by atoms with E-state index in [0.717, 1.165) is 44.9 Å². The summed E-state index contributed by atoms with van der Waals surface area (Å²) in [5.74, 6) is -0.200. The average Bonchev–Trinajstić information content (AvgIpc) is 3.20. The van der Waals surface area contributed by atoms with Gasteiger partial charge in [0.05, 0.1) is 39.9 Å². The van der Waals surface area contributed by atoms with Crippen molar-refractivity contribution in [2.75, 3.05) is 40.9 Å². The number of carbonyl (C=O) groups is 1. The van der Waals surface area contributed by atoms with Crippen LogP contribution in [0.15, 0.2) is 36.5 Å². The number of aliphatic hydroxyl groups is 1. The van der Waals surface area contributed by atoms with Crippen molar-refractivity contribution in [1.29, 1.82) is 0 Å². The lowest BCUT2D eigenvalue weighted by Gasteiger charge is -2.29. The summed E-state index contributed by atoms with van der Waals surface area (Å²) in [4.78, 5) is 25.3. The Balaban J connectivity index is 4.04. The van der Waals surface area contributed by atoms with Crippen molar-refractivity contribution in [2.45, 2.75) is 244 Å². The Bertz CT molecular complexity index is 1070. The number of phosphoric acid groups is 1. The van der Waals surface area contributed by atoms with E-state index in [1.165, 1.54) is 167 Å². The van der Waals surface area contributed by atoms with Crippen LogP contribution in [0.25, 0.3) is 0 Å². The van der Waals surface area contributed by atoms with Gasteiger partial charge in [-0.2, -0.15) is 0 Å². The summed E-state index contributed by atoms with van der Waals surface area (Å²) >= 11 is 0. The van der Waals surface area contributed by atoms with Crippen LogP contribution in [0.3, 0.4) is 0 Å². The lowest BCUT2D eigenvalue weighted by molar-refractivity contribution is -0.870. The number of allylic oxidation sites excluding steroid dienone is 5. The van der Waals surface area contributed by atoms with Crippen molar-refractivity contribution < 1.29 is 32.9 Å². The molecule has 0 saturated carbocycles. The normalized spacial score (nSPS) is 14.4. The van der Waals surface area contributed by atoms with E-state index >= 15 is 0 Å². The number of unbranched alkanes of at least 4 members (excludes halogenated alkanes) is 29. The van der Waals surface area contributed by atoms with Crippen LogP contribution in [-0.2, 0) is 18.4 Å². The molecule has 0 fully saturated rings. The van der Waals surface area contributed by atoms with Crippen LogP contribution in [-0.4, -0.2) is 68.5 Å². The molecule has 0 saturated heterocycles. The van der Waals surface area contributed by atoms with E-state index in [1.54, 1.807) is 6.08 Å². The predicted molar refractivity (Wildman–Crippen MR) is 256 cm³/mol. The molecule has 1 amide bonds. The summed E-state index contributed by atoms with van der Waals surface area (Å²) in [7, 11) is 1.26. The highest BCUT2D eigenvalue weighted by Gasteiger charge is 2.23. The molecule has 354 valence electrons. The highest BCUT2D eigenvalue weighted by molar-refractivity contribution is 7.45. The number of hydrogen-bond donors (Lipinski definition) is 2. The third-order valence-electron chi connectivity index (χ3n) is 11.3. The minimum absolute atomic E-state index is 0.00113. The molecule has 0 heterocycles. The van der Waals surface area contributed by atoms with E-state index in [1.807, 2.05) is 27.2 Å². The maximum absolute atomic E-state index is 12.9. The molecule has 8 nitrogen and oxygen atoms in total. The first-order valence-electron chi connectivity index (χ1n) is 25.4. The van der Waals surface area contributed by atoms with Gasteiger partial charge in [0.2, 0.25) is 5.91 Å². The molecule has 0 aliphatic carbocycles. The fourth-order valence-corrected chi connectivity index (χ4v) is 8.02. The van der Waals surface area contributed by atoms with Crippen LogP contribution >= 0.6 is 7.82 Å². The zero-order valence-corrected chi connectivity index (χ0v) is 41.1. The molecular weight excluding hydrogens is 768 g/mol. The first-order chi connectivity index (χ1) is 29.0. The molecule has 0 radical (unpaired) electrons. The number of hydrogen-bond acceptors (Lipinski definition) is 6. The standard InChI is InChI=1S/C51H99N2O6P/c1-6-8-10-12-14-16-17-18-19-20-21-22-23-24-25-26-27-28-29-30-31-32-33-34-35-37-39-41-43-45-51(55)52-49(48-59-60(56,57)58-47-46-53(3,4)5)50(54)44-42-40-38-36-15-13-11-9-7-2/h21-22,24-25,42,44,49-50,54H,6-20,23,26-41,43,45-48H2,1-5H3,(H-,52,55,56,57)/b22-21-,25-24-,44-42+. The van der Waals surface area contributed by atoms with Gasteiger partial charge in [0, 0.05) is 6.42 Å². The molecule has 3 unspecified atom stereocenters. The number of likely N-dealkylation sites (N-methyl/N-ethyl adjacent to an activating group) is 1. The Morgan fingerprint density at radius 1 is 0.583 bits per heavy atom. The third kappa shape index (κ3) is 44.8. The molecule has 0 rings (SSSR count). The second-order valence-electron chi connectivity index (χ2n) is 18.5. The van der Waals surface area contributed by atoms with Gasteiger partial charge in [0.25, 0.3) is 7.82 Å². The van der Waals surface area contributed by atoms with Gasteiger partial charge < -0.3 is 28.8 Å². The summed E-state index contributed by atoms with van der Waals surface area (Å²) in [6, 6.07) is -0.884. The van der Waals surface area contributed by atoms with Crippen LogP contribution in [0.1, 0.15) is 232 Å². The first-order valence-corrected chi connectivity index (χ1v) is 26.8. The highest BCUT2D eigenvalue weighted by atomic mass is 31.2. The number of nitrogens with one attached hydrogen (secondary N) is 1. The molecule has 2 N–H and O–H groups in total. The van der Waals surface area contributed by atoms with Gasteiger partial charge in [0.15, 0.2) is 0 Å². The van der Waals surface area contributed by atoms with Gasteiger partial charge in [-0.25, -0.2) is 0 Å². The van der Waals surface area contributed by atoms with Crippen LogP contribution in [0, 0.1) is 0 Å². The Hall–Kier alpha value is -1.28. The quantitative estimate of drug-likeness (QED) is 0.0273. The van der Waals surface area contributed by atoms with Crippen molar-refractivity contribution in [3.63, 3.8) is 0 Å². The van der Waals surface area contributed by atoms with Crippen LogP contribution in [0.4, 0.5) is 0 Å². The number of phosphoric ester groups is 1. The number of nitrogens with zero attached hydrogens (tertiary/aromatic N) is 1. The summed E-state index contributed by atoms with van der Waals surface area (Å²) in [5.41, 5.74) is 0. The molecule has 0 aromatic heterocycles. The van der Waals surface area contributed by atoms with E-state index in [2.05, 4.69) is 43.5 Å². The van der Waals surface area contributed by atoms with E-state index < -0.39 is 20.0 Å². The maximum Gasteiger partial charge on any atom is 0.268 e. The molecule has 0 aliphatic rings. The molecule has 0 aliphatic heterocycles. The smallest absolute Gasteiger partial charge is 0.268 e. The largest absolute Gasteiger partial charge is 0.756 e. The van der Waals surface area contributed by atoms with Crippen molar-refractivity contribution in [2.24, 2.45) is 0 Å². The van der Waals surface area contributed by atoms with Crippen molar-refractivity contribution in [3.05, 3.63) is 36.5 Å². The van der Waals surface area contributed by atoms with Crippen LogP contribution in [0.2, 0.25) is 0 Å². The molecule has 0 bridgehead atoms. The molecule has 0 spiro atoms. The second kappa shape index (κ2) is 43.0. The summed E-state index contributed by atoms with van der Waals surface area (Å²) in [6.07, 6.45) is 53.7. The van der Waals surface area contributed by atoms with E-state index in [0.29, 0.717) is 17.4 Å². The molecule has 0 aromatic carbocycles. The number of aliphatic hydroxyl groups excluding tert-OH is 1. The molecule has 60 heavy (non-hydrogen) atoms. The lowest BCUT2D eigenvalue weighted by atomic mass is 10.0. The van der Waals surface area contributed by atoms with Crippen molar-refractivity contribution in [1.82, 2.24) is 5.32 Å². The fraction of sp³-hybridized carbons (Fsp3) is 0.863. The minimum Gasteiger partial charge on any atom is -0.756 e. The monoisotopic (exact) mass is 867 g/mol. The summed E-state index contributed by atoms with van der Waals surface area (Å²) < 4.78 is 23.2. The molecule has 0 aromatic rings.